The van der Waals surface area contributed by atoms with Crippen LogP contribution in [0.2, 0.25) is 5.02 Å². The quantitative estimate of drug-likeness (QED) is 0.846. The lowest BCUT2D eigenvalue weighted by Crippen LogP contribution is -2.27. The molecular formula is C13H18ClN3. The standard InChI is InChI=1S/C13H18ClN3/c1-9(2)11(7-16)8-17-12-3-4-13(14)10(5-12)6-15/h3-5,9,11,17H,7-8,16H2,1-2H3. The van der Waals surface area contributed by atoms with Crippen molar-refractivity contribution < 1.29 is 0 Å². The summed E-state index contributed by atoms with van der Waals surface area (Å²) in [5.41, 5.74) is 7.10. The Hall–Kier alpha value is -1.24. The zero-order valence-corrected chi connectivity index (χ0v) is 11.0. The second kappa shape index (κ2) is 6.48. The molecule has 0 saturated carbocycles. The molecule has 0 aromatic heterocycles. The van der Waals surface area contributed by atoms with Gasteiger partial charge in [0.1, 0.15) is 6.07 Å². The highest BCUT2D eigenvalue weighted by Crippen LogP contribution is 2.20. The first-order valence-electron chi connectivity index (χ1n) is 5.72. The summed E-state index contributed by atoms with van der Waals surface area (Å²) in [5.74, 6) is 0.964. The molecule has 1 aromatic rings. The van der Waals surface area contributed by atoms with Gasteiger partial charge in [0.2, 0.25) is 0 Å². The van der Waals surface area contributed by atoms with E-state index in [0.717, 1.165) is 12.2 Å². The van der Waals surface area contributed by atoms with E-state index in [1.807, 2.05) is 6.07 Å². The van der Waals surface area contributed by atoms with Gasteiger partial charge < -0.3 is 11.1 Å². The molecule has 0 aliphatic rings. The SMILES string of the molecule is CC(C)C(CN)CNc1ccc(Cl)c(C#N)c1. The van der Waals surface area contributed by atoms with Crippen LogP contribution in [0.1, 0.15) is 19.4 Å². The van der Waals surface area contributed by atoms with Crippen molar-refractivity contribution in [2.45, 2.75) is 13.8 Å². The number of benzene rings is 1. The summed E-state index contributed by atoms with van der Waals surface area (Å²) in [4.78, 5) is 0. The Balaban J connectivity index is 2.67. The van der Waals surface area contributed by atoms with Crippen molar-refractivity contribution in [1.29, 1.82) is 5.26 Å². The smallest absolute Gasteiger partial charge is 0.101 e. The Bertz CT molecular complexity index is 410. The first-order valence-corrected chi connectivity index (χ1v) is 6.09. The van der Waals surface area contributed by atoms with Gasteiger partial charge in [-0.25, -0.2) is 0 Å². The molecule has 0 fully saturated rings. The molecular weight excluding hydrogens is 234 g/mol. The molecule has 17 heavy (non-hydrogen) atoms. The normalized spacial score (nSPS) is 12.2. The molecule has 3 nitrogen and oxygen atoms in total. The van der Waals surface area contributed by atoms with Gasteiger partial charge in [0.25, 0.3) is 0 Å². The summed E-state index contributed by atoms with van der Waals surface area (Å²) in [6, 6.07) is 7.43. The van der Waals surface area contributed by atoms with Crippen LogP contribution < -0.4 is 11.1 Å². The summed E-state index contributed by atoms with van der Waals surface area (Å²) >= 11 is 5.87. The number of hydrogen-bond donors (Lipinski definition) is 2. The number of nitrogens with one attached hydrogen (secondary N) is 1. The zero-order valence-electron chi connectivity index (χ0n) is 10.2. The molecule has 1 unspecified atom stereocenters. The molecule has 92 valence electrons. The lowest BCUT2D eigenvalue weighted by Gasteiger charge is -2.20. The minimum atomic E-state index is 0.427. The monoisotopic (exact) mass is 251 g/mol. The van der Waals surface area contributed by atoms with E-state index in [2.05, 4.69) is 25.2 Å². The zero-order chi connectivity index (χ0) is 12.8. The van der Waals surface area contributed by atoms with Crippen LogP contribution in [0.3, 0.4) is 0 Å². The van der Waals surface area contributed by atoms with Crippen LogP contribution in [0.25, 0.3) is 0 Å². The number of nitrogens with two attached hydrogens (primary N) is 1. The Morgan fingerprint density at radius 3 is 2.71 bits per heavy atom. The second-order valence-corrected chi connectivity index (χ2v) is 4.83. The number of nitrogens with zero attached hydrogens (tertiary/aromatic N) is 1. The molecule has 0 saturated heterocycles. The average molecular weight is 252 g/mol. The van der Waals surface area contributed by atoms with Crippen LogP contribution in [-0.4, -0.2) is 13.1 Å². The third-order valence-corrected chi connectivity index (χ3v) is 3.23. The molecule has 0 amide bonds. The van der Waals surface area contributed by atoms with Crippen LogP contribution in [0.4, 0.5) is 5.69 Å². The van der Waals surface area contributed by atoms with Gasteiger partial charge in [0.05, 0.1) is 10.6 Å². The summed E-state index contributed by atoms with van der Waals surface area (Å²) in [6.45, 7) is 5.77. The molecule has 0 aliphatic heterocycles. The van der Waals surface area contributed by atoms with Gasteiger partial charge in [-0.05, 0) is 36.6 Å². The number of rotatable bonds is 5. The van der Waals surface area contributed by atoms with Gasteiger partial charge in [-0.15, -0.1) is 0 Å². The topological polar surface area (TPSA) is 61.8 Å². The third kappa shape index (κ3) is 3.92. The van der Waals surface area contributed by atoms with Crippen molar-refractivity contribution >= 4 is 17.3 Å². The third-order valence-electron chi connectivity index (χ3n) is 2.90. The molecule has 0 heterocycles. The maximum absolute atomic E-state index is 8.87. The molecule has 0 radical (unpaired) electrons. The summed E-state index contributed by atoms with van der Waals surface area (Å²) in [5, 5.41) is 12.6. The Kier molecular flexibility index (Phi) is 5.27. The maximum Gasteiger partial charge on any atom is 0.101 e. The number of hydrogen-bond acceptors (Lipinski definition) is 3. The fraction of sp³-hybridized carbons (Fsp3) is 0.462. The van der Waals surface area contributed by atoms with Crippen LogP contribution in [-0.2, 0) is 0 Å². The highest BCUT2D eigenvalue weighted by Gasteiger charge is 2.11. The molecule has 0 bridgehead atoms. The van der Waals surface area contributed by atoms with E-state index >= 15 is 0 Å². The second-order valence-electron chi connectivity index (χ2n) is 4.43. The number of nitriles is 1. The van der Waals surface area contributed by atoms with E-state index in [4.69, 9.17) is 22.6 Å². The highest BCUT2D eigenvalue weighted by atomic mass is 35.5. The molecule has 1 aromatic carbocycles. The van der Waals surface area contributed by atoms with Gasteiger partial charge in [-0.1, -0.05) is 25.4 Å². The lowest BCUT2D eigenvalue weighted by atomic mass is 9.96. The van der Waals surface area contributed by atoms with E-state index in [1.54, 1.807) is 12.1 Å². The molecule has 3 N–H and O–H groups in total. The first-order chi connectivity index (χ1) is 8.08. The number of anilines is 1. The Labute approximate surface area is 108 Å². The van der Waals surface area contributed by atoms with Crippen molar-refractivity contribution in [3.05, 3.63) is 28.8 Å². The predicted octanol–water partition coefficient (Wildman–Crippen LogP) is 2.85. The summed E-state index contributed by atoms with van der Waals surface area (Å²) < 4.78 is 0. The van der Waals surface area contributed by atoms with E-state index in [1.165, 1.54) is 0 Å². The minimum absolute atomic E-state index is 0.427. The predicted molar refractivity (Wildman–Crippen MR) is 72.0 cm³/mol. The van der Waals surface area contributed by atoms with Crippen molar-refractivity contribution in [2.75, 3.05) is 18.4 Å². The molecule has 1 rings (SSSR count). The summed E-state index contributed by atoms with van der Waals surface area (Å²) in [6.07, 6.45) is 0. The van der Waals surface area contributed by atoms with E-state index in [-0.39, 0.29) is 0 Å². The maximum atomic E-state index is 8.87. The lowest BCUT2D eigenvalue weighted by molar-refractivity contribution is 0.413. The Morgan fingerprint density at radius 1 is 1.47 bits per heavy atom. The van der Waals surface area contributed by atoms with Gasteiger partial charge in [0.15, 0.2) is 0 Å². The van der Waals surface area contributed by atoms with E-state index in [0.29, 0.717) is 29.0 Å². The van der Waals surface area contributed by atoms with Gasteiger partial charge in [-0.3, -0.25) is 0 Å². The van der Waals surface area contributed by atoms with Gasteiger partial charge in [0, 0.05) is 12.2 Å². The van der Waals surface area contributed by atoms with Crippen LogP contribution >= 0.6 is 11.6 Å². The number of halogens is 1. The van der Waals surface area contributed by atoms with E-state index in [9.17, 15) is 0 Å². The molecule has 0 spiro atoms. The van der Waals surface area contributed by atoms with Crippen molar-refractivity contribution in [2.24, 2.45) is 17.6 Å². The molecule has 0 aliphatic carbocycles. The largest absolute Gasteiger partial charge is 0.385 e. The van der Waals surface area contributed by atoms with E-state index < -0.39 is 0 Å². The van der Waals surface area contributed by atoms with Gasteiger partial charge in [-0.2, -0.15) is 5.26 Å². The van der Waals surface area contributed by atoms with Crippen LogP contribution in [0.5, 0.6) is 0 Å². The van der Waals surface area contributed by atoms with Gasteiger partial charge >= 0.3 is 0 Å². The molecule has 1 atom stereocenters. The summed E-state index contributed by atoms with van der Waals surface area (Å²) in [7, 11) is 0. The van der Waals surface area contributed by atoms with Crippen molar-refractivity contribution in [1.82, 2.24) is 0 Å². The van der Waals surface area contributed by atoms with Crippen LogP contribution in [0.15, 0.2) is 18.2 Å². The first kappa shape index (κ1) is 13.8. The van der Waals surface area contributed by atoms with Crippen LogP contribution in [0, 0.1) is 23.2 Å². The minimum Gasteiger partial charge on any atom is -0.385 e. The highest BCUT2D eigenvalue weighted by molar-refractivity contribution is 6.31. The molecule has 4 heteroatoms. The fourth-order valence-electron chi connectivity index (χ4n) is 1.56. The fourth-order valence-corrected chi connectivity index (χ4v) is 1.72. The van der Waals surface area contributed by atoms with Crippen molar-refractivity contribution in [3.8, 4) is 6.07 Å². The van der Waals surface area contributed by atoms with Crippen molar-refractivity contribution in [3.63, 3.8) is 0 Å². The average Bonchev–Trinajstić information content (AvgIpc) is 2.31. The Morgan fingerprint density at radius 2 is 2.18 bits per heavy atom.